The zero-order valence-corrected chi connectivity index (χ0v) is 9.87. The highest BCUT2D eigenvalue weighted by molar-refractivity contribution is 7.89. The van der Waals surface area contributed by atoms with Crippen LogP contribution in [-0.4, -0.2) is 32.9 Å². The Balaban J connectivity index is 3.89. The van der Waals surface area contributed by atoms with E-state index in [2.05, 4.69) is 4.72 Å². The molecular formula is C8H17F3N2O2S. The van der Waals surface area contributed by atoms with Crippen LogP contribution < -0.4 is 10.5 Å². The van der Waals surface area contributed by atoms with Gasteiger partial charge in [0.15, 0.2) is 0 Å². The molecule has 16 heavy (non-hydrogen) atoms. The van der Waals surface area contributed by atoms with Crippen molar-refractivity contribution >= 4 is 10.0 Å². The Kier molecular flexibility index (Phi) is 6.27. The van der Waals surface area contributed by atoms with Crippen molar-refractivity contribution in [2.75, 3.05) is 12.3 Å². The van der Waals surface area contributed by atoms with E-state index in [9.17, 15) is 21.6 Å². The van der Waals surface area contributed by atoms with Gasteiger partial charge in [-0.3, -0.25) is 0 Å². The van der Waals surface area contributed by atoms with Gasteiger partial charge in [0.1, 0.15) is 0 Å². The van der Waals surface area contributed by atoms with Crippen LogP contribution in [0.1, 0.15) is 26.2 Å². The summed E-state index contributed by atoms with van der Waals surface area (Å²) in [7, 11) is -3.84. The van der Waals surface area contributed by atoms with Crippen molar-refractivity contribution in [1.82, 2.24) is 4.72 Å². The molecule has 0 spiro atoms. The number of rotatable bonds is 7. The molecule has 0 heterocycles. The van der Waals surface area contributed by atoms with E-state index in [0.717, 1.165) is 0 Å². The van der Waals surface area contributed by atoms with Crippen molar-refractivity contribution in [2.24, 2.45) is 5.73 Å². The van der Waals surface area contributed by atoms with Crippen LogP contribution in [0.2, 0.25) is 0 Å². The predicted molar refractivity (Wildman–Crippen MR) is 55.3 cm³/mol. The zero-order chi connectivity index (χ0) is 12.8. The molecule has 0 rings (SSSR count). The molecule has 0 aromatic carbocycles. The fourth-order valence-corrected chi connectivity index (χ4v) is 2.00. The first-order valence-electron chi connectivity index (χ1n) is 4.96. The first-order valence-corrected chi connectivity index (χ1v) is 6.61. The standard InChI is InChI=1S/C8H17F3N2O2S/c1-2-7(12)3-5-13-16(14,15)6-4-8(9,10)11/h7,13H,2-6,12H2,1H3. The SMILES string of the molecule is CCC(N)CCNS(=O)(=O)CCC(F)(F)F. The average molecular weight is 262 g/mol. The van der Waals surface area contributed by atoms with E-state index < -0.39 is 28.4 Å². The molecule has 0 radical (unpaired) electrons. The van der Waals surface area contributed by atoms with Crippen molar-refractivity contribution in [3.8, 4) is 0 Å². The van der Waals surface area contributed by atoms with E-state index in [-0.39, 0.29) is 12.6 Å². The number of nitrogens with two attached hydrogens (primary N) is 1. The lowest BCUT2D eigenvalue weighted by atomic mass is 10.2. The Labute approximate surface area is 93.4 Å². The van der Waals surface area contributed by atoms with Crippen molar-refractivity contribution in [3.63, 3.8) is 0 Å². The third-order valence-electron chi connectivity index (χ3n) is 2.02. The minimum absolute atomic E-state index is 0.0786. The molecule has 0 aliphatic heterocycles. The van der Waals surface area contributed by atoms with E-state index in [4.69, 9.17) is 5.73 Å². The molecule has 0 amide bonds. The normalized spacial score (nSPS) is 15.1. The summed E-state index contributed by atoms with van der Waals surface area (Å²) in [5.74, 6) is -0.933. The summed E-state index contributed by atoms with van der Waals surface area (Å²) in [6.07, 6.45) is -4.66. The van der Waals surface area contributed by atoms with Crippen LogP contribution in [0.25, 0.3) is 0 Å². The Morgan fingerprint density at radius 1 is 1.38 bits per heavy atom. The lowest BCUT2D eigenvalue weighted by molar-refractivity contribution is -0.129. The van der Waals surface area contributed by atoms with Crippen LogP contribution in [0.4, 0.5) is 13.2 Å². The Hall–Kier alpha value is -0.340. The molecule has 0 aromatic rings. The molecule has 1 atom stereocenters. The second-order valence-corrected chi connectivity index (χ2v) is 5.46. The second kappa shape index (κ2) is 6.41. The molecule has 0 bridgehead atoms. The maximum Gasteiger partial charge on any atom is 0.390 e. The van der Waals surface area contributed by atoms with Crippen LogP contribution in [0.15, 0.2) is 0 Å². The molecule has 0 saturated carbocycles. The van der Waals surface area contributed by atoms with E-state index in [1.54, 1.807) is 0 Å². The summed E-state index contributed by atoms with van der Waals surface area (Å²) in [5.41, 5.74) is 5.53. The highest BCUT2D eigenvalue weighted by Gasteiger charge is 2.29. The number of alkyl halides is 3. The second-order valence-electron chi connectivity index (χ2n) is 3.54. The minimum atomic E-state index is -4.45. The van der Waals surface area contributed by atoms with Gasteiger partial charge in [-0.1, -0.05) is 6.92 Å². The largest absolute Gasteiger partial charge is 0.390 e. The minimum Gasteiger partial charge on any atom is -0.328 e. The maximum atomic E-state index is 11.8. The van der Waals surface area contributed by atoms with Crippen LogP contribution in [0, 0.1) is 0 Å². The van der Waals surface area contributed by atoms with Crippen LogP contribution in [0.3, 0.4) is 0 Å². The van der Waals surface area contributed by atoms with Gasteiger partial charge in [-0.25, -0.2) is 13.1 Å². The van der Waals surface area contributed by atoms with Crippen LogP contribution >= 0.6 is 0 Å². The molecule has 1 unspecified atom stereocenters. The quantitative estimate of drug-likeness (QED) is 0.718. The van der Waals surface area contributed by atoms with Gasteiger partial charge in [0.25, 0.3) is 0 Å². The van der Waals surface area contributed by atoms with Crippen molar-refractivity contribution < 1.29 is 21.6 Å². The highest BCUT2D eigenvalue weighted by Crippen LogP contribution is 2.19. The number of hydrogen-bond donors (Lipinski definition) is 2. The molecular weight excluding hydrogens is 245 g/mol. The van der Waals surface area contributed by atoms with Crippen molar-refractivity contribution in [3.05, 3.63) is 0 Å². The van der Waals surface area contributed by atoms with Gasteiger partial charge in [-0.15, -0.1) is 0 Å². The first-order chi connectivity index (χ1) is 7.16. The number of sulfonamides is 1. The first kappa shape index (κ1) is 15.7. The molecule has 0 aliphatic rings. The summed E-state index contributed by atoms with van der Waals surface area (Å²) in [6.45, 7) is 1.93. The monoisotopic (exact) mass is 262 g/mol. The van der Waals surface area contributed by atoms with Gasteiger partial charge in [0.05, 0.1) is 12.2 Å². The van der Waals surface area contributed by atoms with Gasteiger partial charge in [0, 0.05) is 12.6 Å². The lowest BCUT2D eigenvalue weighted by Crippen LogP contribution is -2.32. The molecule has 0 aromatic heterocycles. The number of hydrogen-bond acceptors (Lipinski definition) is 3. The summed E-state index contributed by atoms with van der Waals surface area (Å²) in [5, 5.41) is 0. The fraction of sp³-hybridized carbons (Fsp3) is 1.00. The van der Waals surface area contributed by atoms with E-state index >= 15 is 0 Å². The molecule has 98 valence electrons. The Morgan fingerprint density at radius 2 is 1.94 bits per heavy atom. The van der Waals surface area contributed by atoms with E-state index in [0.29, 0.717) is 12.8 Å². The Bertz CT molecular complexity index is 290. The van der Waals surface area contributed by atoms with Gasteiger partial charge in [-0.05, 0) is 12.8 Å². The Morgan fingerprint density at radius 3 is 2.38 bits per heavy atom. The lowest BCUT2D eigenvalue weighted by Gasteiger charge is -2.11. The third-order valence-corrected chi connectivity index (χ3v) is 3.40. The summed E-state index contributed by atoms with van der Waals surface area (Å²) < 4.78 is 59.6. The number of nitrogens with one attached hydrogen (secondary N) is 1. The smallest absolute Gasteiger partial charge is 0.328 e. The molecule has 3 N–H and O–H groups in total. The molecule has 0 fully saturated rings. The molecule has 0 aliphatic carbocycles. The molecule has 8 heteroatoms. The zero-order valence-electron chi connectivity index (χ0n) is 9.05. The highest BCUT2D eigenvalue weighted by atomic mass is 32.2. The summed E-state index contributed by atoms with van der Waals surface area (Å²) in [4.78, 5) is 0. The van der Waals surface area contributed by atoms with Crippen LogP contribution in [0.5, 0.6) is 0 Å². The summed E-state index contributed by atoms with van der Waals surface area (Å²) >= 11 is 0. The summed E-state index contributed by atoms with van der Waals surface area (Å²) in [6, 6.07) is -0.134. The van der Waals surface area contributed by atoms with Crippen molar-refractivity contribution in [2.45, 2.75) is 38.4 Å². The molecule has 0 saturated heterocycles. The average Bonchev–Trinajstić information content (AvgIpc) is 2.13. The van der Waals surface area contributed by atoms with Crippen LogP contribution in [-0.2, 0) is 10.0 Å². The maximum absolute atomic E-state index is 11.8. The van der Waals surface area contributed by atoms with Crippen molar-refractivity contribution in [1.29, 1.82) is 0 Å². The number of halogens is 3. The van der Waals surface area contributed by atoms with E-state index in [1.807, 2.05) is 6.92 Å². The fourth-order valence-electron chi connectivity index (χ4n) is 0.926. The predicted octanol–water partition coefficient (Wildman–Crippen LogP) is 0.986. The van der Waals surface area contributed by atoms with Gasteiger partial charge in [-0.2, -0.15) is 13.2 Å². The topological polar surface area (TPSA) is 72.2 Å². The van der Waals surface area contributed by atoms with Gasteiger partial charge < -0.3 is 5.73 Å². The third kappa shape index (κ3) is 8.93. The van der Waals surface area contributed by atoms with Gasteiger partial charge in [0.2, 0.25) is 10.0 Å². The van der Waals surface area contributed by atoms with Gasteiger partial charge >= 0.3 is 6.18 Å². The molecule has 4 nitrogen and oxygen atoms in total. The van der Waals surface area contributed by atoms with E-state index in [1.165, 1.54) is 0 Å².